The fraction of sp³-hybridized carbons (Fsp3) is 0.412. The number of nitrogens with one attached hydrogen (secondary N) is 1. The van der Waals surface area contributed by atoms with Crippen molar-refractivity contribution >= 4 is 11.7 Å². The van der Waals surface area contributed by atoms with Crippen molar-refractivity contribution in [3.05, 3.63) is 48.2 Å². The maximum atomic E-state index is 12.4. The van der Waals surface area contributed by atoms with E-state index < -0.39 is 0 Å². The molecule has 1 fully saturated rings. The van der Waals surface area contributed by atoms with Crippen LogP contribution < -0.4 is 5.32 Å². The number of amides is 1. The second-order valence-electron chi connectivity index (χ2n) is 5.99. The second kappa shape index (κ2) is 7.17. The molecule has 120 valence electrons. The fourth-order valence-electron chi connectivity index (χ4n) is 2.76. The lowest BCUT2D eigenvalue weighted by atomic mass is 10.0. The Morgan fingerprint density at radius 1 is 1.30 bits per heavy atom. The third-order valence-corrected chi connectivity index (χ3v) is 4.04. The predicted octanol–water partition coefficient (Wildman–Crippen LogP) is 2.36. The maximum Gasteiger partial charge on any atom is 0.274 e. The van der Waals surface area contributed by atoms with Crippen LogP contribution in [0.25, 0.3) is 0 Å². The molecular weight excluding hydrogens is 290 g/mol. The molecule has 1 atom stereocenters. The molecule has 0 bridgehead atoms. The van der Waals surface area contributed by atoms with Gasteiger partial charge in [0.15, 0.2) is 0 Å². The van der Waals surface area contributed by atoms with E-state index >= 15 is 0 Å². The van der Waals surface area contributed by atoms with E-state index in [1.807, 2.05) is 17.0 Å². The Labute approximate surface area is 136 Å². The van der Waals surface area contributed by atoms with Gasteiger partial charge in [0.2, 0.25) is 0 Å². The van der Waals surface area contributed by atoms with Crippen molar-refractivity contribution in [1.82, 2.24) is 19.9 Å². The minimum absolute atomic E-state index is 0.0234. The first-order chi connectivity index (χ1) is 11.2. The van der Waals surface area contributed by atoms with E-state index in [0.29, 0.717) is 24.0 Å². The van der Waals surface area contributed by atoms with Gasteiger partial charge in [0.05, 0.1) is 12.4 Å². The van der Waals surface area contributed by atoms with Crippen LogP contribution in [0.5, 0.6) is 0 Å². The van der Waals surface area contributed by atoms with Crippen molar-refractivity contribution < 1.29 is 4.79 Å². The summed E-state index contributed by atoms with van der Waals surface area (Å²) in [5, 5.41) is 3.19. The summed E-state index contributed by atoms with van der Waals surface area (Å²) in [5.41, 5.74) is 1.53. The first-order valence-corrected chi connectivity index (χ1v) is 7.96. The molecule has 6 nitrogen and oxygen atoms in total. The van der Waals surface area contributed by atoms with E-state index in [1.165, 1.54) is 6.42 Å². The molecule has 6 heteroatoms. The summed E-state index contributed by atoms with van der Waals surface area (Å²) in [6.45, 7) is 4.45. The van der Waals surface area contributed by atoms with Gasteiger partial charge in [-0.15, -0.1) is 0 Å². The molecule has 1 aliphatic rings. The Morgan fingerprint density at radius 2 is 2.13 bits per heavy atom. The standard InChI is InChI=1S/C17H21N5O/c1-13-3-2-8-22(12-13)17(23)15-10-21-16(11-19-15)20-9-14-4-6-18-7-5-14/h4-7,10-11,13H,2-3,8-9,12H2,1H3,(H,20,21). The number of carbonyl (C=O) groups excluding carboxylic acids is 1. The molecule has 0 aromatic carbocycles. The monoisotopic (exact) mass is 311 g/mol. The van der Waals surface area contributed by atoms with Gasteiger partial charge in [-0.25, -0.2) is 9.97 Å². The third kappa shape index (κ3) is 4.03. The number of carbonyl (C=O) groups is 1. The van der Waals surface area contributed by atoms with Gasteiger partial charge in [0, 0.05) is 32.0 Å². The van der Waals surface area contributed by atoms with Gasteiger partial charge in [-0.1, -0.05) is 6.92 Å². The molecule has 0 spiro atoms. The molecule has 0 radical (unpaired) electrons. The van der Waals surface area contributed by atoms with Crippen molar-refractivity contribution in [2.75, 3.05) is 18.4 Å². The quantitative estimate of drug-likeness (QED) is 0.938. The highest BCUT2D eigenvalue weighted by Gasteiger charge is 2.22. The van der Waals surface area contributed by atoms with Crippen molar-refractivity contribution in [2.45, 2.75) is 26.3 Å². The lowest BCUT2D eigenvalue weighted by Gasteiger charge is -2.30. The Bertz CT molecular complexity index is 644. The van der Waals surface area contributed by atoms with Crippen molar-refractivity contribution in [3.63, 3.8) is 0 Å². The molecule has 0 saturated carbocycles. The molecule has 1 N–H and O–H groups in total. The smallest absolute Gasteiger partial charge is 0.274 e. The van der Waals surface area contributed by atoms with E-state index in [4.69, 9.17) is 0 Å². The summed E-state index contributed by atoms with van der Waals surface area (Å²) in [6, 6.07) is 3.88. The summed E-state index contributed by atoms with van der Waals surface area (Å²) in [6.07, 6.45) is 8.92. The SMILES string of the molecule is CC1CCCN(C(=O)c2cnc(NCc3ccncc3)cn2)C1. The highest BCUT2D eigenvalue weighted by molar-refractivity contribution is 5.92. The van der Waals surface area contributed by atoms with Crippen LogP contribution in [0, 0.1) is 5.92 Å². The second-order valence-corrected chi connectivity index (χ2v) is 5.99. The van der Waals surface area contributed by atoms with Crippen LogP contribution in [-0.4, -0.2) is 38.8 Å². The van der Waals surface area contributed by atoms with Gasteiger partial charge in [-0.05, 0) is 36.5 Å². The van der Waals surface area contributed by atoms with E-state index in [-0.39, 0.29) is 5.91 Å². The van der Waals surface area contributed by atoms with Gasteiger partial charge in [-0.3, -0.25) is 9.78 Å². The highest BCUT2D eigenvalue weighted by Crippen LogP contribution is 2.17. The lowest BCUT2D eigenvalue weighted by molar-refractivity contribution is 0.0676. The normalized spacial score (nSPS) is 17.8. The van der Waals surface area contributed by atoms with E-state index in [2.05, 4.69) is 27.2 Å². The zero-order valence-corrected chi connectivity index (χ0v) is 13.3. The zero-order chi connectivity index (χ0) is 16.1. The van der Waals surface area contributed by atoms with Crippen molar-refractivity contribution in [2.24, 2.45) is 5.92 Å². The molecular formula is C17H21N5O. The maximum absolute atomic E-state index is 12.4. The predicted molar refractivity (Wildman–Crippen MR) is 87.9 cm³/mol. The zero-order valence-electron chi connectivity index (χ0n) is 13.3. The molecule has 3 heterocycles. The summed E-state index contributed by atoms with van der Waals surface area (Å²) < 4.78 is 0. The molecule has 1 aliphatic heterocycles. The number of nitrogens with zero attached hydrogens (tertiary/aromatic N) is 4. The largest absolute Gasteiger partial charge is 0.365 e. The van der Waals surface area contributed by atoms with Crippen LogP contribution in [0.15, 0.2) is 36.9 Å². The summed E-state index contributed by atoms with van der Waals surface area (Å²) in [7, 11) is 0. The number of hydrogen-bond donors (Lipinski definition) is 1. The Morgan fingerprint density at radius 3 is 2.83 bits per heavy atom. The van der Waals surface area contributed by atoms with E-state index in [9.17, 15) is 4.79 Å². The number of pyridine rings is 1. The molecule has 0 aliphatic carbocycles. The van der Waals surface area contributed by atoms with Crippen LogP contribution in [-0.2, 0) is 6.54 Å². The number of likely N-dealkylation sites (tertiary alicyclic amines) is 1. The van der Waals surface area contributed by atoms with Gasteiger partial charge >= 0.3 is 0 Å². The van der Waals surface area contributed by atoms with Crippen molar-refractivity contribution in [1.29, 1.82) is 0 Å². The van der Waals surface area contributed by atoms with Crippen LogP contribution in [0.4, 0.5) is 5.82 Å². The number of rotatable bonds is 4. The summed E-state index contributed by atoms with van der Waals surface area (Å²) >= 11 is 0. The third-order valence-electron chi connectivity index (χ3n) is 4.04. The molecule has 3 rings (SSSR count). The van der Waals surface area contributed by atoms with E-state index in [1.54, 1.807) is 24.8 Å². The first-order valence-electron chi connectivity index (χ1n) is 7.96. The van der Waals surface area contributed by atoms with Gasteiger partial charge < -0.3 is 10.2 Å². The number of anilines is 1. The minimum atomic E-state index is -0.0234. The molecule has 1 unspecified atom stereocenters. The highest BCUT2D eigenvalue weighted by atomic mass is 16.2. The Kier molecular flexibility index (Phi) is 4.80. The van der Waals surface area contributed by atoms with Gasteiger partial charge in [0.25, 0.3) is 5.91 Å². The first kappa shape index (κ1) is 15.4. The topological polar surface area (TPSA) is 71.0 Å². The molecule has 1 amide bonds. The fourth-order valence-corrected chi connectivity index (χ4v) is 2.76. The lowest BCUT2D eigenvalue weighted by Crippen LogP contribution is -2.39. The van der Waals surface area contributed by atoms with Gasteiger partial charge in [-0.2, -0.15) is 0 Å². The summed E-state index contributed by atoms with van der Waals surface area (Å²) in [5.74, 6) is 1.19. The number of piperidine rings is 1. The van der Waals surface area contributed by atoms with E-state index in [0.717, 1.165) is 25.1 Å². The summed E-state index contributed by atoms with van der Waals surface area (Å²) in [4.78, 5) is 26.8. The van der Waals surface area contributed by atoms with Crippen LogP contribution >= 0.6 is 0 Å². The number of hydrogen-bond acceptors (Lipinski definition) is 5. The average Bonchev–Trinajstić information content (AvgIpc) is 2.61. The molecule has 1 saturated heterocycles. The molecule has 23 heavy (non-hydrogen) atoms. The Balaban J connectivity index is 1.59. The molecule has 2 aromatic rings. The van der Waals surface area contributed by atoms with Crippen molar-refractivity contribution in [3.8, 4) is 0 Å². The van der Waals surface area contributed by atoms with Crippen LogP contribution in [0.2, 0.25) is 0 Å². The van der Waals surface area contributed by atoms with Crippen LogP contribution in [0.3, 0.4) is 0 Å². The van der Waals surface area contributed by atoms with Gasteiger partial charge in [0.1, 0.15) is 11.5 Å². The number of aromatic nitrogens is 3. The molecule has 2 aromatic heterocycles. The minimum Gasteiger partial charge on any atom is -0.365 e. The van der Waals surface area contributed by atoms with Crippen LogP contribution in [0.1, 0.15) is 35.8 Å². The Hall–Kier alpha value is -2.50. The average molecular weight is 311 g/mol.